The molecule has 0 aromatic carbocycles. The second-order valence-corrected chi connectivity index (χ2v) is 6.36. The molecule has 0 aromatic rings. The molecule has 0 saturated carbocycles. The molecule has 2 N–H and O–H groups in total. The Hall–Kier alpha value is -0.420. The first-order chi connectivity index (χ1) is 6.82. The number of hydrogen-bond acceptors (Lipinski definition) is 2. The maximum Gasteiger partial charge on any atom is 0.114 e. The van der Waals surface area contributed by atoms with Gasteiger partial charge in [0, 0.05) is 13.6 Å². The topological polar surface area (TPSA) is 53.5 Å². The third-order valence-electron chi connectivity index (χ3n) is 1.85. The van der Waals surface area contributed by atoms with E-state index in [1.54, 1.807) is 7.05 Å². The lowest BCUT2D eigenvalue weighted by Crippen LogP contribution is -2.46. The van der Waals surface area contributed by atoms with E-state index >= 15 is 0 Å². The van der Waals surface area contributed by atoms with Crippen LogP contribution in [0.15, 0.2) is 4.99 Å². The summed E-state index contributed by atoms with van der Waals surface area (Å²) in [5, 5.41) is 3.14. The summed E-state index contributed by atoms with van der Waals surface area (Å²) >= 11 is 0. The quantitative estimate of drug-likeness (QED) is 0.563. The van der Waals surface area contributed by atoms with Gasteiger partial charge in [-0.05, 0) is 34.6 Å². The highest BCUT2D eigenvalue weighted by Crippen LogP contribution is 2.09. The first-order valence-corrected chi connectivity index (χ1v) is 6.36. The lowest BCUT2D eigenvalue weighted by molar-refractivity contribution is 0.629. The molecule has 0 aliphatic rings. The van der Waals surface area contributed by atoms with E-state index in [1.165, 1.54) is 0 Å². The average Bonchev–Trinajstić information content (AvgIpc) is 2.12. The van der Waals surface area contributed by atoms with Crippen molar-refractivity contribution in [3.05, 3.63) is 0 Å². The maximum absolute atomic E-state index is 11.8. The number of amidine groups is 1. The predicted molar refractivity (Wildman–Crippen MR) is 67.5 cm³/mol. The van der Waals surface area contributed by atoms with Gasteiger partial charge in [0.15, 0.2) is 0 Å². The Balaban J connectivity index is 4.36. The third kappa shape index (κ3) is 5.28. The second kappa shape index (κ2) is 6.23. The van der Waals surface area contributed by atoms with Crippen LogP contribution in [0.2, 0.25) is 0 Å². The van der Waals surface area contributed by atoms with Crippen LogP contribution < -0.4 is 10.0 Å². The van der Waals surface area contributed by atoms with E-state index in [0.29, 0.717) is 0 Å². The molecule has 0 aliphatic carbocycles. The summed E-state index contributed by atoms with van der Waals surface area (Å²) in [5.41, 5.74) is 0. The normalized spacial score (nSPS) is 17.3. The van der Waals surface area contributed by atoms with Gasteiger partial charge >= 0.3 is 0 Å². The maximum atomic E-state index is 11.8. The molecule has 4 nitrogen and oxygen atoms in total. The molecule has 0 aliphatic heterocycles. The monoisotopic (exact) mass is 233 g/mol. The molecular weight excluding hydrogens is 210 g/mol. The number of rotatable bonds is 4. The zero-order valence-electron chi connectivity index (χ0n) is 10.5. The Morgan fingerprint density at radius 2 is 2.00 bits per heavy atom. The summed E-state index contributed by atoms with van der Waals surface area (Å²) in [5.74, 6) is 0.843. The predicted octanol–water partition coefficient (Wildman–Crippen LogP) is 1.06. The lowest BCUT2D eigenvalue weighted by Gasteiger charge is -2.23. The highest BCUT2D eigenvalue weighted by molar-refractivity contribution is 7.84. The van der Waals surface area contributed by atoms with Crippen LogP contribution in [0.3, 0.4) is 0 Å². The Morgan fingerprint density at radius 3 is 2.33 bits per heavy atom. The summed E-state index contributed by atoms with van der Waals surface area (Å²) in [6, 6.07) is -0.0185. The smallest absolute Gasteiger partial charge is 0.114 e. The van der Waals surface area contributed by atoms with Crippen molar-refractivity contribution in [1.29, 1.82) is 0 Å². The molecule has 0 radical (unpaired) electrons. The van der Waals surface area contributed by atoms with Crippen molar-refractivity contribution in [1.82, 2.24) is 10.0 Å². The molecule has 2 unspecified atom stereocenters. The third-order valence-corrected chi connectivity index (χ3v) is 3.53. The minimum atomic E-state index is -1.06. The van der Waals surface area contributed by atoms with Crippen LogP contribution in [0, 0.1) is 0 Å². The van der Waals surface area contributed by atoms with Crippen LogP contribution in [0.25, 0.3) is 0 Å². The van der Waals surface area contributed by atoms with Gasteiger partial charge < -0.3 is 5.32 Å². The first kappa shape index (κ1) is 14.6. The van der Waals surface area contributed by atoms with Crippen LogP contribution in [-0.4, -0.2) is 34.4 Å². The summed E-state index contributed by atoms with van der Waals surface area (Å²) < 4.78 is 14.6. The van der Waals surface area contributed by atoms with Crippen molar-refractivity contribution in [3.63, 3.8) is 0 Å². The largest absolute Gasteiger partial charge is 0.373 e. The van der Waals surface area contributed by atoms with Gasteiger partial charge in [0.05, 0.1) is 21.8 Å². The standard InChI is InChI=1S/C10H23N3OS/c1-7-12-9(11-6)8(2)13-15(14)10(3,4)5/h8,13H,7H2,1-6H3,(H,11,12). The van der Waals surface area contributed by atoms with Crippen LogP contribution in [0.1, 0.15) is 34.6 Å². The van der Waals surface area contributed by atoms with Crippen LogP contribution >= 0.6 is 0 Å². The first-order valence-electron chi connectivity index (χ1n) is 5.21. The molecule has 0 rings (SSSR count). The van der Waals surface area contributed by atoms with Crippen molar-refractivity contribution in [2.75, 3.05) is 13.6 Å². The van der Waals surface area contributed by atoms with Crippen molar-refractivity contribution >= 4 is 16.8 Å². The molecular formula is C10H23N3OS. The molecule has 0 heterocycles. The Kier molecular flexibility index (Phi) is 6.05. The van der Waals surface area contributed by atoms with Gasteiger partial charge in [-0.25, -0.2) is 8.93 Å². The van der Waals surface area contributed by atoms with E-state index in [1.807, 2.05) is 34.6 Å². The van der Waals surface area contributed by atoms with E-state index in [9.17, 15) is 4.21 Å². The summed E-state index contributed by atoms with van der Waals surface area (Å²) in [7, 11) is 0.668. The second-order valence-electron chi connectivity index (χ2n) is 4.36. The fourth-order valence-corrected chi connectivity index (χ4v) is 1.79. The molecule has 0 fully saturated rings. The van der Waals surface area contributed by atoms with Crippen molar-refractivity contribution in [3.8, 4) is 0 Å². The van der Waals surface area contributed by atoms with Gasteiger partial charge in [-0.3, -0.25) is 4.99 Å². The minimum absolute atomic E-state index is 0.0185. The van der Waals surface area contributed by atoms with Crippen LogP contribution in [0.4, 0.5) is 0 Å². The van der Waals surface area contributed by atoms with Gasteiger partial charge in [-0.1, -0.05) is 0 Å². The molecule has 0 amide bonds. The zero-order chi connectivity index (χ0) is 12.1. The van der Waals surface area contributed by atoms with Gasteiger partial charge in [0.25, 0.3) is 0 Å². The van der Waals surface area contributed by atoms with Crippen molar-refractivity contribution < 1.29 is 4.21 Å². The SMILES string of the molecule is CCNC(=NC)C(C)NS(=O)C(C)(C)C. The molecule has 15 heavy (non-hydrogen) atoms. The zero-order valence-corrected chi connectivity index (χ0v) is 11.4. The fraction of sp³-hybridized carbons (Fsp3) is 0.900. The molecule has 0 spiro atoms. The number of aliphatic imine (C=N–C) groups is 1. The van der Waals surface area contributed by atoms with E-state index < -0.39 is 11.0 Å². The molecule has 0 bridgehead atoms. The summed E-state index contributed by atoms with van der Waals surface area (Å²) in [6.45, 7) is 10.6. The van der Waals surface area contributed by atoms with Gasteiger partial charge in [-0.15, -0.1) is 0 Å². The average molecular weight is 233 g/mol. The van der Waals surface area contributed by atoms with Crippen molar-refractivity contribution in [2.45, 2.75) is 45.4 Å². The van der Waals surface area contributed by atoms with Crippen LogP contribution in [-0.2, 0) is 11.0 Å². The number of nitrogens with one attached hydrogen (secondary N) is 2. The van der Waals surface area contributed by atoms with Gasteiger partial charge in [-0.2, -0.15) is 0 Å². The van der Waals surface area contributed by atoms with Crippen molar-refractivity contribution in [2.24, 2.45) is 4.99 Å². The highest BCUT2D eigenvalue weighted by atomic mass is 32.2. The minimum Gasteiger partial charge on any atom is -0.373 e. The Bertz CT molecular complexity index is 246. The molecule has 0 saturated heterocycles. The summed E-state index contributed by atoms with van der Waals surface area (Å²) in [4.78, 5) is 4.12. The van der Waals surface area contributed by atoms with Crippen LogP contribution in [0.5, 0.6) is 0 Å². The number of hydrogen-bond donors (Lipinski definition) is 2. The lowest BCUT2D eigenvalue weighted by atomic mass is 10.3. The molecule has 5 heteroatoms. The van der Waals surface area contributed by atoms with Gasteiger partial charge in [0.1, 0.15) is 5.84 Å². The highest BCUT2D eigenvalue weighted by Gasteiger charge is 2.22. The van der Waals surface area contributed by atoms with E-state index in [0.717, 1.165) is 12.4 Å². The molecule has 0 aromatic heterocycles. The van der Waals surface area contributed by atoms with E-state index in [2.05, 4.69) is 15.0 Å². The van der Waals surface area contributed by atoms with E-state index in [4.69, 9.17) is 0 Å². The van der Waals surface area contributed by atoms with Gasteiger partial charge in [0.2, 0.25) is 0 Å². The fourth-order valence-electron chi connectivity index (χ4n) is 1.00. The van der Waals surface area contributed by atoms with E-state index in [-0.39, 0.29) is 10.8 Å². The Morgan fingerprint density at radius 1 is 1.47 bits per heavy atom. The Labute approximate surface area is 95.5 Å². The molecule has 90 valence electrons. The number of nitrogens with zero attached hydrogens (tertiary/aromatic N) is 1. The molecule has 2 atom stereocenters. The number of likely N-dealkylation sites (N-methyl/N-ethyl adjacent to an activating group) is 1. The summed E-state index contributed by atoms with van der Waals surface area (Å²) in [6.07, 6.45) is 0.